The number of piperazine rings is 1. The van der Waals surface area contributed by atoms with Crippen LogP contribution in [0.5, 0.6) is 5.75 Å². The third-order valence-corrected chi connectivity index (χ3v) is 8.11. The number of hydrogen-bond acceptors (Lipinski definition) is 7. The standard InChI is InChI=1S/C30H35ClN6O2/c1-35-14-16-36(17-15-35)20-23(38)10-18-39-24-6-3-21(4-7-24)29-28-25(26-19-22(31)5-8-27(26)34-28)9-13-37(29)30-32-11-2-12-33-30/h2-8,11-12,19,23,29,34,38H,9-10,13-18,20H2,1H3/t23-,29-/m0/s1. The lowest BCUT2D eigenvalue weighted by molar-refractivity contribution is 0.0672. The fraction of sp³-hybridized carbons (Fsp3) is 0.400. The molecule has 0 spiro atoms. The monoisotopic (exact) mass is 546 g/mol. The maximum Gasteiger partial charge on any atom is 0.226 e. The number of aliphatic hydroxyl groups excluding tert-OH is 1. The van der Waals surface area contributed by atoms with Crippen LogP contribution in [0.15, 0.2) is 60.9 Å². The first-order valence-electron chi connectivity index (χ1n) is 13.7. The summed E-state index contributed by atoms with van der Waals surface area (Å²) in [5, 5.41) is 12.4. The van der Waals surface area contributed by atoms with E-state index >= 15 is 0 Å². The van der Waals surface area contributed by atoms with Crippen LogP contribution in [0.1, 0.15) is 29.3 Å². The number of nitrogens with zero attached hydrogens (tertiary/aromatic N) is 5. The Bertz CT molecular complexity index is 1390. The van der Waals surface area contributed by atoms with Gasteiger partial charge in [0.2, 0.25) is 5.95 Å². The fourth-order valence-corrected chi connectivity index (χ4v) is 5.91. The lowest BCUT2D eigenvalue weighted by Gasteiger charge is -2.36. The van der Waals surface area contributed by atoms with Crippen LogP contribution in [0.4, 0.5) is 5.95 Å². The van der Waals surface area contributed by atoms with Gasteiger partial charge in [0.05, 0.1) is 18.8 Å². The number of anilines is 1. The molecule has 2 aromatic carbocycles. The zero-order valence-electron chi connectivity index (χ0n) is 22.3. The van der Waals surface area contributed by atoms with E-state index in [9.17, 15) is 5.11 Å². The molecule has 9 heteroatoms. The molecule has 0 amide bonds. The molecule has 2 aliphatic rings. The number of H-pyrrole nitrogens is 1. The Morgan fingerprint density at radius 2 is 1.82 bits per heavy atom. The third-order valence-electron chi connectivity index (χ3n) is 7.88. The minimum atomic E-state index is -0.386. The fourth-order valence-electron chi connectivity index (χ4n) is 5.74. The minimum Gasteiger partial charge on any atom is -0.493 e. The van der Waals surface area contributed by atoms with E-state index in [1.54, 1.807) is 12.4 Å². The van der Waals surface area contributed by atoms with Crippen LogP contribution in [0.2, 0.25) is 5.02 Å². The van der Waals surface area contributed by atoms with Crippen LogP contribution in [0.25, 0.3) is 10.9 Å². The van der Waals surface area contributed by atoms with Crippen molar-refractivity contribution in [2.24, 2.45) is 0 Å². The van der Waals surface area contributed by atoms with Gasteiger partial charge in [-0.2, -0.15) is 0 Å². The molecule has 0 aliphatic carbocycles. The molecule has 2 aliphatic heterocycles. The van der Waals surface area contributed by atoms with Gasteiger partial charge in [-0.05, 0) is 61.0 Å². The van der Waals surface area contributed by atoms with Gasteiger partial charge in [0.1, 0.15) is 5.75 Å². The second-order valence-corrected chi connectivity index (χ2v) is 11.0. The number of rotatable bonds is 8. The van der Waals surface area contributed by atoms with E-state index in [2.05, 4.69) is 48.8 Å². The molecule has 0 unspecified atom stereocenters. The summed E-state index contributed by atoms with van der Waals surface area (Å²) in [6, 6.07) is 16.1. The van der Waals surface area contributed by atoms with E-state index in [0.29, 0.717) is 25.5 Å². The number of aliphatic hydroxyl groups is 1. The highest BCUT2D eigenvalue weighted by molar-refractivity contribution is 6.31. The molecule has 2 aromatic heterocycles. The topological polar surface area (TPSA) is 80.8 Å². The number of halogens is 1. The molecule has 4 heterocycles. The van der Waals surface area contributed by atoms with Gasteiger partial charge in [0.15, 0.2) is 0 Å². The lowest BCUT2D eigenvalue weighted by atomic mass is 9.92. The first-order chi connectivity index (χ1) is 19.0. The van der Waals surface area contributed by atoms with Crippen molar-refractivity contribution < 1.29 is 9.84 Å². The summed E-state index contributed by atoms with van der Waals surface area (Å²) in [6.07, 6.45) is 4.67. The summed E-state index contributed by atoms with van der Waals surface area (Å²) < 4.78 is 6.02. The summed E-state index contributed by atoms with van der Waals surface area (Å²) in [4.78, 5) is 19.7. The molecule has 6 rings (SSSR count). The molecule has 2 N–H and O–H groups in total. The van der Waals surface area contributed by atoms with Crippen molar-refractivity contribution in [2.75, 3.05) is 57.8 Å². The Kier molecular flexibility index (Phi) is 7.70. The number of ether oxygens (including phenoxy) is 1. The maximum atomic E-state index is 10.5. The largest absolute Gasteiger partial charge is 0.493 e. The summed E-state index contributed by atoms with van der Waals surface area (Å²) in [7, 11) is 2.14. The number of hydrogen-bond donors (Lipinski definition) is 2. The van der Waals surface area contributed by atoms with Crippen molar-refractivity contribution >= 4 is 28.5 Å². The molecule has 8 nitrogen and oxygen atoms in total. The minimum absolute atomic E-state index is 0.0678. The Balaban J connectivity index is 1.17. The molecule has 204 valence electrons. The highest BCUT2D eigenvalue weighted by Gasteiger charge is 2.33. The number of aromatic amines is 1. The lowest BCUT2D eigenvalue weighted by Crippen LogP contribution is -2.47. The Morgan fingerprint density at radius 1 is 1.05 bits per heavy atom. The maximum absolute atomic E-state index is 10.5. The zero-order valence-corrected chi connectivity index (χ0v) is 23.0. The normalized spacial score (nSPS) is 19.3. The third kappa shape index (κ3) is 5.75. The second-order valence-electron chi connectivity index (χ2n) is 10.6. The first-order valence-corrected chi connectivity index (χ1v) is 14.1. The van der Waals surface area contributed by atoms with Gasteiger partial charge >= 0.3 is 0 Å². The van der Waals surface area contributed by atoms with Gasteiger partial charge in [-0.15, -0.1) is 0 Å². The molecule has 4 aromatic rings. The van der Waals surface area contributed by atoms with Crippen molar-refractivity contribution in [3.8, 4) is 5.75 Å². The average Bonchev–Trinajstić information content (AvgIpc) is 3.32. The summed E-state index contributed by atoms with van der Waals surface area (Å²) >= 11 is 6.35. The summed E-state index contributed by atoms with van der Waals surface area (Å²) in [5.74, 6) is 1.51. The molecule has 2 atom stereocenters. The number of fused-ring (bicyclic) bond motifs is 3. The first kappa shape index (κ1) is 26.1. The molecule has 39 heavy (non-hydrogen) atoms. The Hall–Kier alpha value is -3.17. The van der Waals surface area contributed by atoms with E-state index in [1.807, 2.05) is 36.4 Å². The van der Waals surface area contributed by atoms with E-state index in [0.717, 1.165) is 66.7 Å². The highest BCUT2D eigenvalue weighted by Crippen LogP contribution is 2.40. The van der Waals surface area contributed by atoms with Crippen LogP contribution < -0.4 is 9.64 Å². The molecule has 1 saturated heterocycles. The van der Waals surface area contributed by atoms with Crippen LogP contribution >= 0.6 is 11.6 Å². The number of aromatic nitrogens is 3. The van der Waals surface area contributed by atoms with Gasteiger partial charge < -0.3 is 24.6 Å². The average molecular weight is 547 g/mol. The SMILES string of the molecule is CN1CCN(C[C@@H](O)CCOc2ccc([C@H]3c4[nH]c5ccc(Cl)cc5c4CCN3c3ncccn3)cc2)CC1. The van der Waals surface area contributed by atoms with Crippen molar-refractivity contribution in [3.05, 3.63) is 82.8 Å². The van der Waals surface area contributed by atoms with Crippen LogP contribution in [0.3, 0.4) is 0 Å². The second kappa shape index (κ2) is 11.5. The number of benzene rings is 2. The van der Waals surface area contributed by atoms with E-state index < -0.39 is 0 Å². The van der Waals surface area contributed by atoms with Crippen molar-refractivity contribution in [2.45, 2.75) is 25.0 Å². The number of nitrogens with one attached hydrogen (secondary N) is 1. The van der Waals surface area contributed by atoms with Crippen LogP contribution in [-0.4, -0.2) is 88.9 Å². The van der Waals surface area contributed by atoms with Gasteiger partial charge in [-0.1, -0.05) is 23.7 Å². The van der Waals surface area contributed by atoms with Gasteiger partial charge in [0.25, 0.3) is 0 Å². The zero-order chi connectivity index (χ0) is 26.8. The molecule has 1 fully saturated rings. The Morgan fingerprint density at radius 3 is 2.59 bits per heavy atom. The molecule has 0 saturated carbocycles. The van der Waals surface area contributed by atoms with E-state index in [4.69, 9.17) is 16.3 Å². The van der Waals surface area contributed by atoms with Crippen molar-refractivity contribution in [1.82, 2.24) is 24.8 Å². The summed E-state index contributed by atoms with van der Waals surface area (Å²) in [5.41, 5.74) is 4.65. The summed E-state index contributed by atoms with van der Waals surface area (Å²) in [6.45, 7) is 6.10. The van der Waals surface area contributed by atoms with Crippen molar-refractivity contribution in [3.63, 3.8) is 0 Å². The van der Waals surface area contributed by atoms with Gasteiger partial charge in [-0.25, -0.2) is 9.97 Å². The predicted molar refractivity (Wildman–Crippen MR) is 155 cm³/mol. The molecule has 0 radical (unpaired) electrons. The Labute approximate surface area is 234 Å². The van der Waals surface area contributed by atoms with Crippen LogP contribution in [-0.2, 0) is 6.42 Å². The number of likely N-dealkylation sites (N-methyl/N-ethyl adjacent to an activating group) is 1. The van der Waals surface area contributed by atoms with Gasteiger partial charge in [0, 0.05) is 79.7 Å². The quantitative estimate of drug-likeness (QED) is 0.344. The molecular formula is C30H35ClN6O2. The van der Waals surface area contributed by atoms with Gasteiger partial charge in [-0.3, -0.25) is 4.90 Å². The predicted octanol–water partition coefficient (Wildman–Crippen LogP) is 4.14. The highest BCUT2D eigenvalue weighted by atomic mass is 35.5. The number of β-amino-alcohol motifs (C(OH)–C–C–N with tert-alkyl or cyclic N) is 1. The molecule has 0 bridgehead atoms. The molecular weight excluding hydrogens is 512 g/mol. The van der Waals surface area contributed by atoms with Crippen molar-refractivity contribution in [1.29, 1.82) is 0 Å². The van der Waals surface area contributed by atoms with E-state index in [-0.39, 0.29) is 12.1 Å². The van der Waals surface area contributed by atoms with Crippen LogP contribution in [0, 0.1) is 0 Å². The van der Waals surface area contributed by atoms with E-state index in [1.165, 1.54) is 10.9 Å². The smallest absolute Gasteiger partial charge is 0.226 e.